The molecular weight excluding hydrogens is 272 g/mol. The van der Waals surface area contributed by atoms with Crippen molar-refractivity contribution in [3.8, 4) is 0 Å². The van der Waals surface area contributed by atoms with Crippen LogP contribution in [0.25, 0.3) is 0 Å². The number of halogens is 1. The highest BCUT2D eigenvalue weighted by atomic mass is 35.5. The molecule has 0 bridgehead atoms. The average Bonchev–Trinajstić information content (AvgIpc) is 2.38. The van der Waals surface area contributed by atoms with Gasteiger partial charge in [0.25, 0.3) is 0 Å². The first-order valence-electron chi connectivity index (χ1n) is 6.07. The van der Waals surface area contributed by atoms with Gasteiger partial charge in [0.2, 0.25) is 10.0 Å². The second-order valence-corrected chi connectivity index (χ2v) is 6.34. The number of hydrogen-bond donors (Lipinski definition) is 1. The minimum absolute atomic E-state index is 0.0829. The number of nitrogens with zero attached hydrogens (tertiary/aromatic N) is 1. The van der Waals surface area contributed by atoms with E-state index in [1.165, 1.54) is 0 Å². The fraction of sp³-hybridized carbons (Fsp3) is 0.583. The first-order chi connectivity index (χ1) is 8.64. The molecule has 0 unspecified atom stereocenters. The van der Waals surface area contributed by atoms with Crippen molar-refractivity contribution in [1.82, 2.24) is 9.71 Å². The monoisotopic (exact) mass is 290 g/mol. The van der Waals surface area contributed by atoms with Crippen LogP contribution in [0.1, 0.15) is 25.0 Å². The van der Waals surface area contributed by atoms with Crippen molar-refractivity contribution >= 4 is 21.6 Å². The molecular formula is C12H19ClN2O2S. The molecule has 0 saturated heterocycles. The normalized spacial score (nSPS) is 11.6. The molecule has 102 valence electrons. The van der Waals surface area contributed by atoms with Crippen molar-refractivity contribution in [1.29, 1.82) is 0 Å². The maximum Gasteiger partial charge on any atom is 0.211 e. The molecule has 0 spiro atoms. The highest BCUT2D eigenvalue weighted by molar-refractivity contribution is 7.89. The Morgan fingerprint density at radius 2 is 2.06 bits per heavy atom. The Labute approximate surface area is 114 Å². The van der Waals surface area contributed by atoms with Crippen LogP contribution in [0.5, 0.6) is 0 Å². The van der Waals surface area contributed by atoms with Gasteiger partial charge in [0.05, 0.1) is 5.75 Å². The third kappa shape index (κ3) is 6.93. The number of alkyl halides is 1. The Morgan fingerprint density at radius 1 is 1.22 bits per heavy atom. The summed E-state index contributed by atoms with van der Waals surface area (Å²) in [6.07, 6.45) is 4.82. The molecule has 0 aliphatic heterocycles. The summed E-state index contributed by atoms with van der Waals surface area (Å²) in [6.45, 7) is 0.488. The maximum absolute atomic E-state index is 11.7. The van der Waals surface area contributed by atoms with Crippen molar-refractivity contribution in [2.45, 2.75) is 25.7 Å². The first kappa shape index (κ1) is 15.4. The zero-order valence-corrected chi connectivity index (χ0v) is 11.9. The molecule has 0 atom stereocenters. The topological polar surface area (TPSA) is 59.1 Å². The van der Waals surface area contributed by atoms with Crippen LogP contribution in [-0.4, -0.2) is 31.6 Å². The predicted molar refractivity (Wildman–Crippen MR) is 74.3 cm³/mol. The van der Waals surface area contributed by atoms with Gasteiger partial charge in [-0.2, -0.15) is 0 Å². The SMILES string of the molecule is O=S(=O)(CCc1ccccn1)NCCCCCCl. The third-order valence-corrected chi connectivity index (χ3v) is 4.14. The summed E-state index contributed by atoms with van der Waals surface area (Å²) in [5, 5.41) is 0. The van der Waals surface area contributed by atoms with Gasteiger partial charge in [0.15, 0.2) is 0 Å². The van der Waals surface area contributed by atoms with Crippen LogP contribution in [0.4, 0.5) is 0 Å². The van der Waals surface area contributed by atoms with Gasteiger partial charge in [-0.1, -0.05) is 12.5 Å². The molecule has 1 N–H and O–H groups in total. The van der Waals surface area contributed by atoms with E-state index in [2.05, 4.69) is 9.71 Å². The summed E-state index contributed by atoms with van der Waals surface area (Å²) in [6, 6.07) is 5.50. The van der Waals surface area contributed by atoms with Crippen LogP contribution < -0.4 is 4.72 Å². The molecule has 1 heterocycles. The van der Waals surface area contributed by atoms with E-state index in [0.29, 0.717) is 18.8 Å². The van der Waals surface area contributed by atoms with E-state index in [1.807, 2.05) is 18.2 Å². The average molecular weight is 291 g/mol. The fourth-order valence-electron chi connectivity index (χ4n) is 1.48. The molecule has 0 amide bonds. The molecule has 0 aliphatic carbocycles. The van der Waals surface area contributed by atoms with E-state index >= 15 is 0 Å². The predicted octanol–water partition coefficient (Wildman–Crippen LogP) is 1.95. The lowest BCUT2D eigenvalue weighted by molar-refractivity contribution is 0.575. The Bertz CT molecular complexity index is 423. The van der Waals surface area contributed by atoms with Gasteiger partial charge in [0, 0.05) is 30.7 Å². The number of pyridine rings is 1. The summed E-state index contributed by atoms with van der Waals surface area (Å²) in [5.74, 6) is 0.714. The van der Waals surface area contributed by atoms with Gasteiger partial charge in [-0.3, -0.25) is 4.98 Å². The molecule has 0 saturated carbocycles. The molecule has 0 aromatic carbocycles. The fourth-order valence-corrected chi connectivity index (χ4v) is 2.75. The summed E-state index contributed by atoms with van der Waals surface area (Å²) in [7, 11) is -3.19. The highest BCUT2D eigenvalue weighted by Crippen LogP contribution is 1.99. The van der Waals surface area contributed by atoms with Crippen LogP contribution >= 0.6 is 11.6 Å². The zero-order valence-electron chi connectivity index (χ0n) is 10.3. The number of unbranched alkanes of at least 4 members (excludes halogenated alkanes) is 2. The third-order valence-electron chi connectivity index (χ3n) is 2.49. The molecule has 0 radical (unpaired) electrons. The summed E-state index contributed by atoms with van der Waals surface area (Å²) < 4.78 is 25.9. The highest BCUT2D eigenvalue weighted by Gasteiger charge is 2.09. The lowest BCUT2D eigenvalue weighted by atomic mass is 10.2. The van der Waals surface area contributed by atoms with Crippen LogP contribution in [0.3, 0.4) is 0 Å². The minimum atomic E-state index is -3.19. The first-order valence-corrected chi connectivity index (χ1v) is 8.26. The largest absolute Gasteiger partial charge is 0.261 e. The second kappa shape index (κ2) is 8.45. The van der Waals surface area contributed by atoms with Crippen LogP contribution in [-0.2, 0) is 16.4 Å². The van der Waals surface area contributed by atoms with Crippen molar-refractivity contribution in [3.05, 3.63) is 30.1 Å². The number of aromatic nitrogens is 1. The standard InChI is InChI=1S/C12H19ClN2O2S/c13-8-3-1-4-10-15-18(16,17)11-7-12-6-2-5-9-14-12/h2,5-6,9,15H,1,3-4,7-8,10-11H2. The second-order valence-electron chi connectivity index (χ2n) is 4.03. The molecule has 0 fully saturated rings. The molecule has 1 aromatic rings. The van der Waals surface area contributed by atoms with E-state index in [1.54, 1.807) is 6.20 Å². The lowest BCUT2D eigenvalue weighted by Crippen LogP contribution is -2.28. The van der Waals surface area contributed by atoms with Crippen molar-refractivity contribution in [2.75, 3.05) is 18.2 Å². The summed E-state index contributed by atoms with van der Waals surface area (Å²) in [5.41, 5.74) is 0.796. The van der Waals surface area contributed by atoms with Gasteiger partial charge in [-0.05, 0) is 25.0 Å². The minimum Gasteiger partial charge on any atom is -0.261 e. The Hall–Kier alpha value is -0.650. The van der Waals surface area contributed by atoms with Crippen LogP contribution in [0.15, 0.2) is 24.4 Å². The molecule has 0 aliphatic rings. The number of hydrogen-bond acceptors (Lipinski definition) is 3. The van der Waals surface area contributed by atoms with E-state index in [0.717, 1.165) is 25.0 Å². The molecule has 1 aromatic heterocycles. The maximum atomic E-state index is 11.7. The van der Waals surface area contributed by atoms with E-state index < -0.39 is 10.0 Å². The van der Waals surface area contributed by atoms with Crippen molar-refractivity contribution < 1.29 is 8.42 Å². The Balaban J connectivity index is 2.23. The van der Waals surface area contributed by atoms with Gasteiger partial charge in [-0.15, -0.1) is 11.6 Å². The van der Waals surface area contributed by atoms with E-state index in [9.17, 15) is 8.42 Å². The molecule has 18 heavy (non-hydrogen) atoms. The van der Waals surface area contributed by atoms with Gasteiger partial charge in [0.1, 0.15) is 0 Å². The number of aryl methyl sites for hydroxylation is 1. The quantitative estimate of drug-likeness (QED) is 0.559. The summed E-state index contributed by atoms with van der Waals surface area (Å²) in [4.78, 5) is 4.10. The molecule has 6 heteroatoms. The Kier molecular flexibility index (Phi) is 7.23. The van der Waals surface area contributed by atoms with Gasteiger partial charge < -0.3 is 0 Å². The molecule has 1 rings (SSSR count). The van der Waals surface area contributed by atoms with Crippen molar-refractivity contribution in [2.24, 2.45) is 0 Å². The number of nitrogens with one attached hydrogen (secondary N) is 1. The lowest BCUT2D eigenvalue weighted by Gasteiger charge is -2.06. The summed E-state index contributed by atoms with van der Waals surface area (Å²) >= 11 is 5.54. The van der Waals surface area contributed by atoms with Crippen LogP contribution in [0.2, 0.25) is 0 Å². The zero-order chi connectivity index (χ0) is 13.3. The van der Waals surface area contributed by atoms with Crippen LogP contribution in [0, 0.1) is 0 Å². The van der Waals surface area contributed by atoms with Crippen molar-refractivity contribution in [3.63, 3.8) is 0 Å². The van der Waals surface area contributed by atoms with Gasteiger partial charge in [-0.25, -0.2) is 13.1 Å². The molecule has 4 nitrogen and oxygen atoms in total. The number of sulfonamides is 1. The Morgan fingerprint density at radius 3 is 2.72 bits per heavy atom. The smallest absolute Gasteiger partial charge is 0.211 e. The van der Waals surface area contributed by atoms with Gasteiger partial charge >= 0.3 is 0 Å². The van der Waals surface area contributed by atoms with E-state index in [4.69, 9.17) is 11.6 Å². The number of rotatable bonds is 9. The van der Waals surface area contributed by atoms with E-state index in [-0.39, 0.29) is 5.75 Å².